The lowest BCUT2D eigenvalue weighted by molar-refractivity contribution is -0.0741. The van der Waals surface area contributed by atoms with Crippen molar-refractivity contribution in [2.45, 2.75) is 106 Å². The van der Waals surface area contributed by atoms with Crippen LogP contribution >= 0.6 is 0 Å². The quantitative estimate of drug-likeness (QED) is 0.594. The molecule has 3 nitrogen and oxygen atoms in total. The molecule has 22 heavy (non-hydrogen) atoms. The molecule has 0 aromatic heterocycles. The molecule has 0 rings (SSSR count). The molecule has 0 saturated carbocycles. The lowest BCUT2D eigenvalue weighted by Gasteiger charge is -2.63. The van der Waals surface area contributed by atoms with Crippen molar-refractivity contribution in [1.82, 2.24) is 4.31 Å². The third-order valence-corrected chi connectivity index (χ3v) is 7.06. The molecule has 0 radical (unpaired) electrons. The number of nitrogens with zero attached hydrogens (tertiary/aromatic N) is 1. The molecule has 0 aromatic rings. The molecule has 0 N–H and O–H groups in total. The minimum absolute atomic E-state index is 0.128. The maximum atomic E-state index is 12.4. The van der Waals surface area contributed by atoms with Gasteiger partial charge in [-0.25, -0.2) is 4.31 Å². The van der Waals surface area contributed by atoms with Gasteiger partial charge in [-0.1, -0.05) is 69.2 Å². The van der Waals surface area contributed by atoms with E-state index in [1.54, 1.807) is 0 Å². The molecule has 0 aliphatic heterocycles. The van der Waals surface area contributed by atoms with Crippen molar-refractivity contribution in [3.8, 4) is 0 Å². The average molecular weight is 333 g/mol. The highest BCUT2D eigenvalue weighted by atomic mass is 32.2. The second kappa shape index (κ2) is 7.31. The van der Waals surface area contributed by atoms with Gasteiger partial charge in [-0.2, -0.15) is 0 Å². The first-order chi connectivity index (χ1) is 9.81. The lowest BCUT2D eigenvalue weighted by Crippen LogP contribution is -2.69. The molecule has 4 heteroatoms. The molecule has 1 atom stereocenters. The Labute approximate surface area is 141 Å². The van der Waals surface area contributed by atoms with Crippen LogP contribution < -0.4 is 0 Å². The highest BCUT2D eigenvalue weighted by Crippen LogP contribution is 2.52. The maximum Gasteiger partial charge on any atom is 0.0375 e. The Hall–Kier alpha value is 0.0700. The van der Waals surface area contributed by atoms with Gasteiger partial charge in [0.1, 0.15) is 0 Å². The van der Waals surface area contributed by atoms with E-state index in [0.717, 1.165) is 25.7 Å². The Bertz CT molecular complexity index is 342. The Morgan fingerprint density at radius 3 is 1.05 bits per heavy atom. The first-order valence-electron chi connectivity index (χ1n) is 8.71. The van der Waals surface area contributed by atoms with E-state index in [1.165, 1.54) is 0 Å². The lowest BCUT2D eigenvalue weighted by atomic mass is 9.63. The van der Waals surface area contributed by atoms with Crippen molar-refractivity contribution in [3.05, 3.63) is 0 Å². The zero-order valence-corrected chi connectivity index (χ0v) is 17.3. The van der Waals surface area contributed by atoms with Crippen LogP contribution in [-0.4, -0.2) is 24.1 Å². The van der Waals surface area contributed by atoms with E-state index in [2.05, 4.69) is 69.2 Å². The van der Waals surface area contributed by atoms with E-state index in [9.17, 15) is 8.76 Å². The topological polar surface area (TPSA) is 43.4 Å². The van der Waals surface area contributed by atoms with Crippen molar-refractivity contribution in [2.24, 2.45) is 10.8 Å². The summed E-state index contributed by atoms with van der Waals surface area (Å²) in [5.41, 5.74) is -1.01. The zero-order valence-electron chi connectivity index (χ0n) is 16.5. The highest BCUT2D eigenvalue weighted by Gasteiger charge is 2.55. The van der Waals surface area contributed by atoms with Crippen molar-refractivity contribution in [2.75, 3.05) is 0 Å². The molecule has 0 spiro atoms. The van der Waals surface area contributed by atoms with Gasteiger partial charge in [0.2, 0.25) is 0 Å². The highest BCUT2D eigenvalue weighted by molar-refractivity contribution is 7.76. The van der Waals surface area contributed by atoms with Crippen LogP contribution in [0.2, 0.25) is 0 Å². The van der Waals surface area contributed by atoms with Crippen LogP contribution in [0.5, 0.6) is 0 Å². The summed E-state index contributed by atoms with van der Waals surface area (Å²) in [6.45, 7) is 21.5. The van der Waals surface area contributed by atoms with Crippen LogP contribution in [0.1, 0.15) is 94.9 Å². The smallest absolute Gasteiger partial charge is 0.0375 e. The predicted molar refractivity (Wildman–Crippen MR) is 96.3 cm³/mol. The van der Waals surface area contributed by atoms with Crippen LogP contribution in [0, 0.1) is 10.8 Å². The van der Waals surface area contributed by atoms with Gasteiger partial charge >= 0.3 is 0 Å². The van der Waals surface area contributed by atoms with Crippen LogP contribution in [-0.2, 0) is 11.3 Å². The Morgan fingerprint density at radius 1 is 0.727 bits per heavy atom. The molecule has 0 aliphatic carbocycles. The first kappa shape index (κ1) is 22.1. The third-order valence-electron chi connectivity index (χ3n) is 6.06. The number of rotatable bonds is 7. The Balaban J connectivity index is 6.60. The van der Waals surface area contributed by atoms with E-state index in [4.69, 9.17) is 0 Å². The van der Waals surface area contributed by atoms with Gasteiger partial charge < -0.3 is 4.55 Å². The summed E-state index contributed by atoms with van der Waals surface area (Å²) in [5, 5.41) is 0. The minimum atomic E-state index is -2.25. The van der Waals surface area contributed by atoms with Gasteiger partial charge in [-0.3, -0.25) is 4.21 Å². The summed E-state index contributed by atoms with van der Waals surface area (Å²) in [4.78, 5) is 0. The van der Waals surface area contributed by atoms with Crippen LogP contribution in [0.25, 0.3) is 0 Å². The minimum Gasteiger partial charge on any atom is -0.760 e. The second-order valence-electron chi connectivity index (χ2n) is 8.49. The normalized spacial score (nSPS) is 16.2. The van der Waals surface area contributed by atoms with Crippen LogP contribution in [0.15, 0.2) is 0 Å². The van der Waals surface area contributed by atoms with Gasteiger partial charge in [0.05, 0.1) is 0 Å². The summed E-state index contributed by atoms with van der Waals surface area (Å²) >= 11 is -2.25. The number of hydrogen-bond donors (Lipinski definition) is 0. The molecular weight excluding hydrogens is 294 g/mol. The second-order valence-corrected chi connectivity index (χ2v) is 9.29. The van der Waals surface area contributed by atoms with Crippen LogP contribution in [0.4, 0.5) is 0 Å². The van der Waals surface area contributed by atoms with Crippen molar-refractivity contribution in [1.29, 1.82) is 0 Å². The molecule has 1 unspecified atom stereocenters. The van der Waals surface area contributed by atoms with Gasteiger partial charge in [0.15, 0.2) is 0 Å². The Kier molecular flexibility index (Phi) is 7.33. The largest absolute Gasteiger partial charge is 0.760 e. The average Bonchev–Trinajstić information content (AvgIpc) is 2.36. The van der Waals surface area contributed by atoms with E-state index >= 15 is 0 Å². The fourth-order valence-electron chi connectivity index (χ4n) is 4.50. The molecule has 0 saturated heterocycles. The zero-order chi connectivity index (χ0) is 18.0. The predicted octanol–water partition coefficient (Wildman–Crippen LogP) is 5.29. The van der Waals surface area contributed by atoms with Gasteiger partial charge in [-0.15, -0.1) is 0 Å². The molecular formula is C18H38NO2S-. The molecule has 0 fully saturated rings. The maximum absolute atomic E-state index is 12.4. The molecule has 0 bridgehead atoms. The van der Waals surface area contributed by atoms with Gasteiger partial charge in [-0.05, 0) is 36.5 Å². The SMILES string of the molecule is CCC(CC)(N(S(=O)[O-])C(CC)(CC)C(C)(C)C)C(C)(C)C. The van der Waals surface area contributed by atoms with Crippen molar-refractivity contribution in [3.63, 3.8) is 0 Å². The first-order valence-corrected chi connectivity index (χ1v) is 9.74. The van der Waals surface area contributed by atoms with Gasteiger partial charge in [0, 0.05) is 22.3 Å². The molecule has 0 aliphatic rings. The summed E-state index contributed by atoms with van der Waals surface area (Å²) in [6, 6.07) is 0. The molecule has 134 valence electrons. The van der Waals surface area contributed by atoms with Crippen LogP contribution in [0.3, 0.4) is 0 Å². The van der Waals surface area contributed by atoms with Crippen molar-refractivity contribution < 1.29 is 8.76 Å². The van der Waals surface area contributed by atoms with Gasteiger partial charge in [0.25, 0.3) is 0 Å². The van der Waals surface area contributed by atoms with E-state index < -0.39 is 11.3 Å². The molecule has 0 amide bonds. The summed E-state index contributed by atoms with van der Waals surface area (Å²) in [6.07, 6.45) is 3.27. The third kappa shape index (κ3) is 3.44. The Morgan fingerprint density at radius 2 is 0.955 bits per heavy atom. The number of hydrogen-bond acceptors (Lipinski definition) is 2. The fraction of sp³-hybridized carbons (Fsp3) is 1.00. The molecule has 0 heterocycles. The van der Waals surface area contributed by atoms with E-state index in [-0.39, 0.29) is 21.9 Å². The summed E-state index contributed by atoms with van der Waals surface area (Å²) < 4.78 is 26.7. The standard InChI is InChI=1S/C18H39NO2S/c1-11-17(12-2,15(5,6)7)19(22(20)21)18(13-3,14-4)16(8,9)10/h11-14H2,1-10H3,(H,20,21)/p-1. The summed E-state index contributed by atoms with van der Waals surface area (Å²) in [5.74, 6) is 0. The van der Waals surface area contributed by atoms with E-state index in [1.807, 2.05) is 4.31 Å². The molecule has 0 aromatic carbocycles. The monoisotopic (exact) mass is 332 g/mol. The van der Waals surface area contributed by atoms with Crippen molar-refractivity contribution >= 4 is 11.3 Å². The van der Waals surface area contributed by atoms with E-state index in [0.29, 0.717) is 0 Å². The summed E-state index contributed by atoms with van der Waals surface area (Å²) in [7, 11) is 0. The fourth-order valence-corrected chi connectivity index (χ4v) is 6.13.